The van der Waals surface area contributed by atoms with Gasteiger partial charge in [-0.2, -0.15) is 0 Å². The van der Waals surface area contributed by atoms with E-state index in [1.807, 2.05) is 42.5 Å². The normalized spacial score (nSPS) is 17.2. The Balaban J connectivity index is 2.23. The third kappa shape index (κ3) is 8.33. The number of likely N-dealkylation sites (N-methyl/N-ethyl adjacent to an activating group) is 1. The first-order chi connectivity index (χ1) is 20.1. The van der Waals surface area contributed by atoms with E-state index in [9.17, 15) is 9.59 Å². The molecule has 1 aliphatic rings. The van der Waals surface area contributed by atoms with E-state index in [4.69, 9.17) is 28.4 Å². The summed E-state index contributed by atoms with van der Waals surface area (Å²) in [4.78, 5) is 34.1. The van der Waals surface area contributed by atoms with Gasteiger partial charge in [0, 0.05) is 7.05 Å². The second-order valence-corrected chi connectivity index (χ2v) is 11.9. The van der Waals surface area contributed by atoms with Crippen LogP contribution in [0.25, 0.3) is 6.08 Å². The lowest BCUT2D eigenvalue weighted by atomic mass is 10.0. The van der Waals surface area contributed by atoms with Crippen molar-refractivity contribution >= 4 is 24.2 Å². The molecule has 0 bridgehead atoms. The van der Waals surface area contributed by atoms with Crippen molar-refractivity contribution < 1.29 is 38.0 Å². The number of hydrogen-bond donors (Lipinski definition) is 0. The largest absolute Gasteiger partial charge is 0.497 e. The molecule has 2 aromatic rings. The summed E-state index contributed by atoms with van der Waals surface area (Å²) >= 11 is 0. The van der Waals surface area contributed by atoms with Gasteiger partial charge in [-0.05, 0) is 89.4 Å². The fourth-order valence-corrected chi connectivity index (χ4v) is 4.50. The molecule has 0 aliphatic carbocycles. The Bertz CT molecular complexity index is 1350. The number of amides is 2. The highest BCUT2D eigenvalue weighted by Crippen LogP contribution is 2.40. The Labute approximate surface area is 254 Å². The summed E-state index contributed by atoms with van der Waals surface area (Å²) in [7, 11) is 7.99. The Kier molecular flexibility index (Phi) is 10.2. The summed E-state index contributed by atoms with van der Waals surface area (Å²) < 4.78 is 33.2. The average Bonchev–Trinajstić information content (AvgIpc) is 3.16. The standard InChI is InChI=1S/C32H43N3O8/c1-31(2,3)42-29(36)33-28-34(7)23(17-21-18-25(39-9)27(41-11)26(19-21)40-10)24(35(28)30(37)43-32(4,5)6)16-20-12-14-22(38-8)15-13-20/h12-16,18-19,23H,17H2,1-11H3/b24-16-,33-28+. The maximum absolute atomic E-state index is 13.8. The molecule has 1 aliphatic heterocycles. The highest BCUT2D eigenvalue weighted by Gasteiger charge is 2.44. The molecule has 1 fully saturated rings. The summed E-state index contributed by atoms with van der Waals surface area (Å²) in [5.41, 5.74) is 0.567. The van der Waals surface area contributed by atoms with Crippen molar-refractivity contribution in [3.05, 3.63) is 53.2 Å². The second kappa shape index (κ2) is 13.3. The Morgan fingerprint density at radius 3 is 1.86 bits per heavy atom. The van der Waals surface area contributed by atoms with E-state index in [2.05, 4.69) is 4.99 Å². The highest BCUT2D eigenvalue weighted by atomic mass is 16.6. The monoisotopic (exact) mass is 597 g/mol. The van der Waals surface area contributed by atoms with Crippen LogP contribution in [0.4, 0.5) is 9.59 Å². The van der Waals surface area contributed by atoms with Crippen molar-refractivity contribution in [1.82, 2.24) is 9.80 Å². The molecule has 234 valence electrons. The van der Waals surface area contributed by atoms with E-state index in [1.165, 1.54) is 4.90 Å². The van der Waals surface area contributed by atoms with E-state index in [0.29, 0.717) is 35.1 Å². The number of aliphatic imine (C=N–C) groups is 1. The van der Waals surface area contributed by atoms with Crippen molar-refractivity contribution in [1.29, 1.82) is 0 Å². The molecule has 2 aromatic carbocycles. The molecule has 0 N–H and O–H groups in total. The fraction of sp³-hybridized carbons (Fsp3) is 0.469. The molecule has 1 atom stereocenters. The number of rotatable bonds is 7. The molecule has 11 heteroatoms. The Morgan fingerprint density at radius 1 is 0.837 bits per heavy atom. The predicted molar refractivity (Wildman–Crippen MR) is 164 cm³/mol. The van der Waals surface area contributed by atoms with Crippen molar-refractivity contribution in [2.24, 2.45) is 4.99 Å². The number of benzene rings is 2. The molecule has 1 unspecified atom stereocenters. The first kappa shape index (κ1) is 33.1. The lowest BCUT2D eigenvalue weighted by molar-refractivity contribution is 0.0414. The molecular weight excluding hydrogens is 554 g/mol. The van der Waals surface area contributed by atoms with E-state index >= 15 is 0 Å². The predicted octanol–water partition coefficient (Wildman–Crippen LogP) is 6.15. The molecule has 1 saturated heterocycles. The van der Waals surface area contributed by atoms with Crippen molar-refractivity contribution in [3.8, 4) is 23.0 Å². The quantitative estimate of drug-likeness (QED) is 0.371. The molecule has 2 amide bonds. The van der Waals surface area contributed by atoms with Gasteiger partial charge in [0.25, 0.3) is 0 Å². The van der Waals surface area contributed by atoms with Crippen LogP contribution in [0, 0.1) is 0 Å². The molecular formula is C32H43N3O8. The van der Waals surface area contributed by atoms with Crippen LogP contribution < -0.4 is 18.9 Å². The summed E-state index contributed by atoms with van der Waals surface area (Å²) in [5.74, 6) is 2.20. The van der Waals surface area contributed by atoms with Crippen molar-refractivity contribution in [2.75, 3.05) is 35.5 Å². The van der Waals surface area contributed by atoms with E-state index in [0.717, 1.165) is 11.1 Å². The number of carbonyl (C=O) groups excluding carboxylic acids is 2. The van der Waals surface area contributed by atoms with Crippen LogP contribution in [-0.2, 0) is 15.9 Å². The summed E-state index contributed by atoms with van der Waals surface area (Å²) in [6.45, 7) is 10.6. The van der Waals surface area contributed by atoms with E-state index in [1.54, 1.807) is 81.9 Å². The number of ether oxygens (including phenoxy) is 6. The molecule has 0 aromatic heterocycles. The zero-order valence-electron chi connectivity index (χ0n) is 26.9. The summed E-state index contributed by atoms with van der Waals surface area (Å²) in [6, 6.07) is 10.6. The Morgan fingerprint density at radius 2 is 1.40 bits per heavy atom. The number of carbonyl (C=O) groups is 2. The average molecular weight is 598 g/mol. The van der Waals surface area contributed by atoms with Crippen LogP contribution in [0.2, 0.25) is 0 Å². The second-order valence-electron chi connectivity index (χ2n) is 11.9. The van der Waals surface area contributed by atoms with Gasteiger partial charge >= 0.3 is 12.2 Å². The maximum Gasteiger partial charge on any atom is 0.437 e. The first-order valence-electron chi connectivity index (χ1n) is 13.8. The van der Waals surface area contributed by atoms with Crippen molar-refractivity contribution in [3.63, 3.8) is 0 Å². The minimum atomic E-state index is -0.833. The topological polar surface area (TPSA) is 108 Å². The van der Waals surface area contributed by atoms with Gasteiger partial charge in [-0.1, -0.05) is 12.1 Å². The van der Waals surface area contributed by atoms with Crippen molar-refractivity contribution in [2.45, 2.75) is 65.2 Å². The third-order valence-electron chi connectivity index (χ3n) is 6.33. The zero-order chi connectivity index (χ0) is 32.1. The van der Waals surface area contributed by atoms with Gasteiger partial charge in [0.05, 0.1) is 40.2 Å². The summed E-state index contributed by atoms with van der Waals surface area (Å²) in [6.07, 6.45) is 0.719. The maximum atomic E-state index is 13.8. The van der Waals surface area contributed by atoms with E-state index < -0.39 is 29.4 Å². The molecule has 11 nitrogen and oxygen atoms in total. The number of hydrogen-bond acceptors (Lipinski definition) is 8. The van der Waals surface area contributed by atoms with Crippen LogP contribution in [0.5, 0.6) is 23.0 Å². The summed E-state index contributed by atoms with van der Waals surface area (Å²) in [5, 5.41) is 0. The molecule has 0 spiro atoms. The van der Waals surface area contributed by atoms with Gasteiger partial charge in [-0.15, -0.1) is 4.99 Å². The van der Waals surface area contributed by atoms with Gasteiger partial charge < -0.3 is 33.3 Å². The van der Waals surface area contributed by atoms with Gasteiger partial charge in [0.15, 0.2) is 11.5 Å². The van der Waals surface area contributed by atoms with Gasteiger partial charge in [0.1, 0.15) is 17.0 Å². The van der Waals surface area contributed by atoms with Gasteiger partial charge in [0.2, 0.25) is 11.7 Å². The van der Waals surface area contributed by atoms with Crippen LogP contribution in [0.15, 0.2) is 47.1 Å². The fourth-order valence-electron chi connectivity index (χ4n) is 4.50. The number of methoxy groups -OCH3 is 4. The first-order valence-corrected chi connectivity index (χ1v) is 13.8. The smallest absolute Gasteiger partial charge is 0.437 e. The molecule has 43 heavy (non-hydrogen) atoms. The Hall–Kier alpha value is -4.41. The molecule has 3 rings (SSSR count). The molecule has 1 heterocycles. The third-order valence-corrected chi connectivity index (χ3v) is 6.33. The van der Waals surface area contributed by atoms with Gasteiger partial charge in [-0.25, -0.2) is 14.5 Å². The van der Waals surface area contributed by atoms with Crippen LogP contribution >= 0.6 is 0 Å². The van der Waals surface area contributed by atoms with Crippen LogP contribution in [0.1, 0.15) is 52.7 Å². The molecule has 0 saturated carbocycles. The SMILES string of the molecule is COc1ccc(/C=C2/C(Cc3cc(OC)c(OC)c(OC)c3)N(C)/C(=N\C(=O)OC(C)(C)C)N2C(=O)OC(C)(C)C)cc1. The highest BCUT2D eigenvalue weighted by molar-refractivity contribution is 6.04. The lowest BCUT2D eigenvalue weighted by Crippen LogP contribution is -2.40. The van der Waals surface area contributed by atoms with E-state index in [-0.39, 0.29) is 5.96 Å². The molecule has 0 radical (unpaired) electrons. The minimum absolute atomic E-state index is 0.0701. The zero-order valence-corrected chi connectivity index (χ0v) is 26.9. The number of guanidine groups is 1. The lowest BCUT2D eigenvalue weighted by Gasteiger charge is -2.25. The number of nitrogens with zero attached hydrogens (tertiary/aromatic N) is 3. The van der Waals surface area contributed by atoms with Gasteiger partial charge in [-0.3, -0.25) is 0 Å². The van der Waals surface area contributed by atoms with Crippen LogP contribution in [-0.4, -0.2) is 80.7 Å². The van der Waals surface area contributed by atoms with Crippen LogP contribution in [0.3, 0.4) is 0 Å². The minimum Gasteiger partial charge on any atom is -0.497 e.